The molecule has 0 radical (unpaired) electrons. The number of aliphatic hydroxyl groups is 1. The lowest BCUT2D eigenvalue weighted by atomic mass is 9.98. The van der Waals surface area contributed by atoms with Gasteiger partial charge in [0.25, 0.3) is 0 Å². The van der Waals surface area contributed by atoms with Crippen LogP contribution in [0.2, 0.25) is 0 Å². The highest BCUT2D eigenvalue weighted by atomic mass is 16.3. The lowest BCUT2D eigenvalue weighted by molar-refractivity contribution is 0.0726. The summed E-state index contributed by atoms with van der Waals surface area (Å²) in [6.07, 6.45) is 6.42. The summed E-state index contributed by atoms with van der Waals surface area (Å²) in [6, 6.07) is 0.744. The molecule has 1 unspecified atom stereocenters. The summed E-state index contributed by atoms with van der Waals surface area (Å²) in [6.45, 7) is 6.19. The van der Waals surface area contributed by atoms with Crippen LogP contribution < -0.4 is 0 Å². The Hall–Kier alpha value is -0.0800. The van der Waals surface area contributed by atoms with Gasteiger partial charge in [-0.15, -0.1) is 0 Å². The van der Waals surface area contributed by atoms with Crippen LogP contribution in [0.4, 0.5) is 0 Å². The minimum absolute atomic E-state index is 0.169. The largest absolute Gasteiger partial charge is 0.392 e. The van der Waals surface area contributed by atoms with Crippen molar-refractivity contribution in [1.29, 1.82) is 0 Å². The normalized spacial score (nSPS) is 27.5. The maximum absolute atomic E-state index is 9.35. The minimum Gasteiger partial charge on any atom is -0.392 e. The van der Waals surface area contributed by atoms with E-state index < -0.39 is 0 Å². The van der Waals surface area contributed by atoms with E-state index in [0.29, 0.717) is 0 Å². The van der Waals surface area contributed by atoms with Gasteiger partial charge in [-0.2, -0.15) is 0 Å². The van der Waals surface area contributed by atoms with Gasteiger partial charge >= 0.3 is 0 Å². The van der Waals surface area contributed by atoms with Crippen LogP contribution in [0.3, 0.4) is 0 Å². The average Bonchev–Trinajstić information content (AvgIpc) is 2.08. The third-order valence-corrected chi connectivity index (χ3v) is 2.87. The maximum Gasteiger partial charge on any atom is 0.0639 e. The highest BCUT2D eigenvalue weighted by Crippen LogP contribution is 2.20. The highest BCUT2D eigenvalue weighted by molar-refractivity contribution is 4.77. The van der Waals surface area contributed by atoms with Crippen LogP contribution in [0.5, 0.6) is 0 Å². The zero-order chi connectivity index (χ0) is 9.68. The van der Waals surface area contributed by atoms with Gasteiger partial charge in [0.1, 0.15) is 0 Å². The number of nitrogens with zero attached hydrogens (tertiary/aromatic N) is 1. The van der Waals surface area contributed by atoms with E-state index in [1.165, 1.54) is 38.6 Å². The summed E-state index contributed by atoms with van der Waals surface area (Å²) in [5.41, 5.74) is 0. The quantitative estimate of drug-likeness (QED) is 0.724. The van der Waals surface area contributed by atoms with Gasteiger partial charge < -0.3 is 5.11 Å². The summed E-state index contributed by atoms with van der Waals surface area (Å²) in [5, 5.41) is 9.35. The first-order valence-electron chi connectivity index (χ1n) is 5.66. The predicted octanol–water partition coefficient (Wildman–Crippen LogP) is 2.02. The molecule has 0 spiro atoms. The lowest BCUT2D eigenvalue weighted by Crippen LogP contribution is -2.43. The molecule has 0 aromatic heterocycles. The van der Waals surface area contributed by atoms with Crippen LogP contribution in [0.25, 0.3) is 0 Å². The monoisotopic (exact) mass is 185 g/mol. The van der Waals surface area contributed by atoms with Crippen molar-refractivity contribution in [3.63, 3.8) is 0 Å². The van der Waals surface area contributed by atoms with Crippen molar-refractivity contribution in [1.82, 2.24) is 4.90 Å². The summed E-state index contributed by atoms with van der Waals surface area (Å²) in [4.78, 5) is 2.47. The predicted molar refractivity (Wildman–Crippen MR) is 55.8 cm³/mol. The fourth-order valence-electron chi connectivity index (χ4n) is 2.30. The third kappa shape index (κ3) is 3.65. The molecule has 0 amide bonds. The fraction of sp³-hybridized carbons (Fsp3) is 1.00. The van der Waals surface area contributed by atoms with Crippen LogP contribution in [0.1, 0.15) is 46.0 Å². The van der Waals surface area contributed by atoms with E-state index in [2.05, 4.69) is 11.8 Å². The molecule has 78 valence electrons. The second kappa shape index (κ2) is 5.61. The molecule has 2 atom stereocenters. The number of β-amino-alcohol motifs (C(OH)–C–C–N with tert-alkyl or cyclic N) is 1. The molecule has 2 heteroatoms. The molecule has 1 saturated heterocycles. The van der Waals surface area contributed by atoms with Crippen LogP contribution >= 0.6 is 0 Å². The highest BCUT2D eigenvalue weighted by Gasteiger charge is 2.21. The van der Waals surface area contributed by atoms with Gasteiger partial charge in [-0.25, -0.2) is 0 Å². The van der Waals surface area contributed by atoms with Gasteiger partial charge in [-0.3, -0.25) is 4.90 Å². The van der Waals surface area contributed by atoms with Gasteiger partial charge in [0.05, 0.1) is 6.10 Å². The second-order valence-electron chi connectivity index (χ2n) is 4.28. The molecule has 0 aliphatic carbocycles. The second-order valence-corrected chi connectivity index (χ2v) is 4.28. The fourth-order valence-corrected chi connectivity index (χ4v) is 2.30. The molecule has 1 aliphatic rings. The molecule has 1 rings (SSSR count). The molecule has 13 heavy (non-hydrogen) atoms. The number of aliphatic hydroxyl groups excluding tert-OH is 1. The Morgan fingerprint density at radius 1 is 1.46 bits per heavy atom. The van der Waals surface area contributed by atoms with Crippen LogP contribution in [-0.2, 0) is 0 Å². The van der Waals surface area contributed by atoms with Crippen molar-refractivity contribution in [3.05, 3.63) is 0 Å². The first-order valence-corrected chi connectivity index (χ1v) is 5.66. The smallest absolute Gasteiger partial charge is 0.0639 e. The lowest BCUT2D eigenvalue weighted by Gasteiger charge is -2.36. The van der Waals surface area contributed by atoms with E-state index in [9.17, 15) is 5.11 Å². The number of hydrogen-bond donors (Lipinski definition) is 1. The summed E-state index contributed by atoms with van der Waals surface area (Å²) >= 11 is 0. The molecule has 0 saturated carbocycles. The molecule has 1 aliphatic heterocycles. The SMILES string of the molecule is CCCC1CCCCN1C[C@@H](C)O. The van der Waals surface area contributed by atoms with E-state index in [1.807, 2.05) is 6.92 Å². The standard InChI is InChI=1S/C11H23NO/c1-3-6-11-7-4-5-8-12(11)9-10(2)13/h10-11,13H,3-9H2,1-2H3/t10-,11?/m1/s1. The third-order valence-electron chi connectivity index (χ3n) is 2.87. The maximum atomic E-state index is 9.35. The van der Waals surface area contributed by atoms with E-state index in [1.54, 1.807) is 0 Å². The molecule has 1 N–H and O–H groups in total. The number of rotatable bonds is 4. The van der Waals surface area contributed by atoms with Crippen molar-refractivity contribution in [3.8, 4) is 0 Å². The number of likely N-dealkylation sites (tertiary alicyclic amines) is 1. The van der Waals surface area contributed by atoms with Crippen molar-refractivity contribution >= 4 is 0 Å². The minimum atomic E-state index is -0.169. The molecular weight excluding hydrogens is 162 g/mol. The molecule has 1 fully saturated rings. The summed E-state index contributed by atoms with van der Waals surface area (Å²) in [7, 11) is 0. The molecule has 1 heterocycles. The number of piperidine rings is 1. The van der Waals surface area contributed by atoms with Crippen molar-refractivity contribution < 1.29 is 5.11 Å². The Balaban J connectivity index is 2.36. The van der Waals surface area contributed by atoms with Crippen molar-refractivity contribution in [2.24, 2.45) is 0 Å². The van der Waals surface area contributed by atoms with Gasteiger partial charge in [-0.05, 0) is 32.7 Å². The Kier molecular flexibility index (Phi) is 4.74. The molecule has 0 aromatic carbocycles. The topological polar surface area (TPSA) is 23.5 Å². The first-order chi connectivity index (χ1) is 6.24. The Labute approximate surface area is 81.9 Å². The van der Waals surface area contributed by atoms with Crippen LogP contribution in [-0.4, -0.2) is 35.2 Å². The first kappa shape index (κ1) is 11.0. The average molecular weight is 185 g/mol. The Bertz CT molecular complexity index is 134. The van der Waals surface area contributed by atoms with Gasteiger partial charge in [0.15, 0.2) is 0 Å². The van der Waals surface area contributed by atoms with Crippen LogP contribution in [0, 0.1) is 0 Å². The van der Waals surface area contributed by atoms with E-state index in [4.69, 9.17) is 0 Å². The number of hydrogen-bond acceptors (Lipinski definition) is 2. The summed E-state index contributed by atoms with van der Waals surface area (Å²) in [5.74, 6) is 0. The molecule has 0 bridgehead atoms. The van der Waals surface area contributed by atoms with E-state index in [0.717, 1.165) is 12.6 Å². The molecule has 0 aromatic rings. The van der Waals surface area contributed by atoms with Crippen LogP contribution in [0.15, 0.2) is 0 Å². The van der Waals surface area contributed by atoms with Gasteiger partial charge in [0, 0.05) is 12.6 Å². The van der Waals surface area contributed by atoms with E-state index in [-0.39, 0.29) is 6.10 Å². The van der Waals surface area contributed by atoms with Crippen molar-refractivity contribution in [2.75, 3.05) is 13.1 Å². The van der Waals surface area contributed by atoms with E-state index >= 15 is 0 Å². The zero-order valence-corrected chi connectivity index (χ0v) is 9.00. The molecule has 2 nitrogen and oxygen atoms in total. The zero-order valence-electron chi connectivity index (χ0n) is 9.00. The summed E-state index contributed by atoms with van der Waals surface area (Å²) < 4.78 is 0. The van der Waals surface area contributed by atoms with Gasteiger partial charge in [0.2, 0.25) is 0 Å². The van der Waals surface area contributed by atoms with Crippen molar-refractivity contribution in [2.45, 2.75) is 58.1 Å². The Morgan fingerprint density at radius 3 is 2.85 bits per heavy atom. The van der Waals surface area contributed by atoms with Gasteiger partial charge in [-0.1, -0.05) is 19.8 Å². The molecular formula is C11H23NO. The Morgan fingerprint density at radius 2 is 2.23 bits per heavy atom.